The highest BCUT2D eigenvalue weighted by Crippen LogP contribution is 2.23. The third kappa shape index (κ3) is 3.33. The second kappa shape index (κ2) is 6.53. The highest BCUT2D eigenvalue weighted by molar-refractivity contribution is 6.30. The van der Waals surface area contributed by atoms with Gasteiger partial charge in [0.1, 0.15) is 5.82 Å². The van der Waals surface area contributed by atoms with E-state index in [1.807, 2.05) is 48.5 Å². The van der Waals surface area contributed by atoms with Crippen molar-refractivity contribution in [3.8, 4) is 0 Å². The van der Waals surface area contributed by atoms with E-state index in [2.05, 4.69) is 9.55 Å². The van der Waals surface area contributed by atoms with Crippen LogP contribution >= 0.6 is 11.6 Å². The minimum absolute atomic E-state index is 0.171. The van der Waals surface area contributed by atoms with E-state index >= 15 is 0 Å². The molecule has 1 aromatic heterocycles. The van der Waals surface area contributed by atoms with Crippen molar-refractivity contribution in [3.05, 3.63) is 53.1 Å². The van der Waals surface area contributed by atoms with E-state index in [0.717, 1.165) is 37.3 Å². The molecular weight excluding hydrogens is 298 g/mol. The maximum absolute atomic E-state index is 12.5. The van der Waals surface area contributed by atoms with Gasteiger partial charge in [-0.15, -0.1) is 0 Å². The van der Waals surface area contributed by atoms with Crippen LogP contribution in [0.4, 0.5) is 0 Å². The van der Waals surface area contributed by atoms with Crippen LogP contribution < -0.4 is 0 Å². The smallest absolute Gasteiger partial charge is 0.227 e. The lowest BCUT2D eigenvalue weighted by atomic mass is 10.0. The van der Waals surface area contributed by atoms with E-state index in [0.29, 0.717) is 17.5 Å². The third-order valence-corrected chi connectivity index (χ3v) is 4.48. The van der Waals surface area contributed by atoms with Gasteiger partial charge in [0.25, 0.3) is 0 Å². The number of carbonyl (C=O) groups is 1. The minimum Gasteiger partial charge on any atom is -0.340 e. The van der Waals surface area contributed by atoms with Crippen LogP contribution in [0.25, 0.3) is 0 Å². The molecule has 1 saturated heterocycles. The zero-order valence-corrected chi connectivity index (χ0v) is 13.5. The second-order valence-corrected chi connectivity index (χ2v) is 6.26. The Bertz CT molecular complexity index is 667. The Kier molecular flexibility index (Phi) is 4.48. The van der Waals surface area contributed by atoms with Gasteiger partial charge in [-0.25, -0.2) is 4.98 Å². The lowest BCUT2D eigenvalue weighted by Crippen LogP contribution is -2.41. The van der Waals surface area contributed by atoms with E-state index < -0.39 is 0 Å². The number of rotatable bonds is 3. The average Bonchev–Trinajstić information content (AvgIpc) is 2.93. The van der Waals surface area contributed by atoms with E-state index in [9.17, 15) is 4.79 Å². The zero-order chi connectivity index (χ0) is 15.5. The summed E-state index contributed by atoms with van der Waals surface area (Å²) in [6.45, 7) is 3.60. The molecule has 0 bridgehead atoms. The number of carbonyl (C=O) groups excluding carboxylic acids is 1. The number of nitrogens with zero attached hydrogens (tertiary/aromatic N) is 3. The summed E-state index contributed by atoms with van der Waals surface area (Å²) in [5.74, 6) is 1.18. The van der Waals surface area contributed by atoms with Gasteiger partial charge < -0.3 is 9.47 Å². The normalized spacial score (nSPS) is 18.5. The summed E-state index contributed by atoms with van der Waals surface area (Å²) in [4.78, 5) is 18.8. The molecule has 116 valence electrons. The van der Waals surface area contributed by atoms with Crippen LogP contribution in [-0.2, 0) is 11.2 Å². The second-order valence-electron chi connectivity index (χ2n) is 5.82. The molecule has 22 heavy (non-hydrogen) atoms. The number of aryl methyl sites for hydroxylation is 1. The van der Waals surface area contributed by atoms with Crippen molar-refractivity contribution in [2.45, 2.75) is 32.2 Å². The van der Waals surface area contributed by atoms with E-state index in [4.69, 9.17) is 11.6 Å². The highest BCUT2D eigenvalue weighted by Gasteiger charge is 2.25. The number of hydrogen-bond acceptors (Lipinski definition) is 2. The van der Waals surface area contributed by atoms with Gasteiger partial charge in [-0.3, -0.25) is 4.79 Å². The fourth-order valence-corrected chi connectivity index (χ4v) is 3.33. The first kappa shape index (κ1) is 15.1. The molecule has 1 aliphatic rings. The summed E-state index contributed by atoms with van der Waals surface area (Å²) in [7, 11) is 0. The van der Waals surface area contributed by atoms with Crippen molar-refractivity contribution in [1.82, 2.24) is 14.5 Å². The lowest BCUT2D eigenvalue weighted by Gasteiger charge is -2.34. The Labute approximate surface area is 135 Å². The summed E-state index contributed by atoms with van der Waals surface area (Å²) in [5, 5.41) is 0.677. The molecule has 2 heterocycles. The van der Waals surface area contributed by atoms with E-state index in [-0.39, 0.29) is 5.91 Å². The quantitative estimate of drug-likeness (QED) is 0.871. The predicted molar refractivity (Wildman–Crippen MR) is 87.0 cm³/mol. The fraction of sp³-hybridized carbons (Fsp3) is 0.412. The van der Waals surface area contributed by atoms with Crippen LogP contribution in [0.2, 0.25) is 5.02 Å². The molecule has 1 aromatic carbocycles. The van der Waals surface area contributed by atoms with Crippen molar-refractivity contribution >= 4 is 17.5 Å². The number of piperidine rings is 1. The first-order valence-corrected chi connectivity index (χ1v) is 8.03. The summed E-state index contributed by atoms with van der Waals surface area (Å²) in [6.07, 6.45) is 6.37. The Balaban J connectivity index is 1.67. The Morgan fingerprint density at radius 2 is 2.32 bits per heavy atom. The van der Waals surface area contributed by atoms with Crippen LogP contribution in [0.15, 0.2) is 36.7 Å². The van der Waals surface area contributed by atoms with Crippen molar-refractivity contribution in [2.24, 2.45) is 0 Å². The van der Waals surface area contributed by atoms with Crippen LogP contribution in [0, 0.1) is 6.92 Å². The maximum atomic E-state index is 12.5. The van der Waals surface area contributed by atoms with Gasteiger partial charge in [-0.05, 0) is 37.5 Å². The predicted octanol–water partition coefficient (Wildman–Crippen LogP) is 3.25. The molecule has 0 N–H and O–H groups in total. The third-order valence-electron chi connectivity index (χ3n) is 4.25. The van der Waals surface area contributed by atoms with Gasteiger partial charge in [0.05, 0.1) is 12.5 Å². The Morgan fingerprint density at radius 1 is 1.45 bits per heavy atom. The number of halogens is 1. The molecule has 4 nitrogen and oxygen atoms in total. The number of amides is 1. The monoisotopic (exact) mass is 317 g/mol. The summed E-state index contributed by atoms with van der Waals surface area (Å²) < 4.78 is 2.18. The molecule has 0 radical (unpaired) electrons. The van der Waals surface area contributed by atoms with Crippen LogP contribution in [0.3, 0.4) is 0 Å². The van der Waals surface area contributed by atoms with Crippen LogP contribution in [0.5, 0.6) is 0 Å². The molecular formula is C17H20ClN3O. The van der Waals surface area contributed by atoms with Crippen LogP contribution in [0.1, 0.15) is 30.3 Å². The van der Waals surface area contributed by atoms with Gasteiger partial charge in [0, 0.05) is 30.5 Å². The molecule has 1 fully saturated rings. The zero-order valence-electron chi connectivity index (χ0n) is 12.7. The van der Waals surface area contributed by atoms with Gasteiger partial charge in [-0.2, -0.15) is 0 Å². The molecule has 2 aromatic rings. The lowest BCUT2D eigenvalue weighted by molar-refractivity contribution is -0.132. The fourth-order valence-electron chi connectivity index (χ4n) is 3.12. The van der Waals surface area contributed by atoms with Gasteiger partial charge in [0.2, 0.25) is 5.91 Å². The molecule has 1 atom stereocenters. The first-order chi connectivity index (χ1) is 10.6. The standard InChI is InChI=1S/C17H20ClN3O/c1-13-19-7-9-21(13)16-6-3-8-20(12-16)17(22)11-14-4-2-5-15(18)10-14/h2,4-5,7,9-10,16H,3,6,8,11-12H2,1H3/t16-/m1/s1. The van der Waals surface area contributed by atoms with Gasteiger partial charge in [0.15, 0.2) is 0 Å². The molecule has 0 saturated carbocycles. The van der Waals surface area contributed by atoms with Crippen molar-refractivity contribution < 1.29 is 4.79 Å². The largest absolute Gasteiger partial charge is 0.340 e. The number of aromatic nitrogens is 2. The first-order valence-electron chi connectivity index (χ1n) is 7.65. The van der Waals surface area contributed by atoms with Gasteiger partial charge >= 0.3 is 0 Å². The van der Waals surface area contributed by atoms with E-state index in [1.54, 1.807) is 0 Å². The highest BCUT2D eigenvalue weighted by atomic mass is 35.5. The number of imidazole rings is 1. The van der Waals surface area contributed by atoms with Crippen LogP contribution in [-0.4, -0.2) is 33.4 Å². The Morgan fingerprint density at radius 3 is 3.05 bits per heavy atom. The summed E-state index contributed by atoms with van der Waals surface area (Å²) >= 11 is 5.99. The molecule has 1 amide bonds. The van der Waals surface area contributed by atoms with Crippen molar-refractivity contribution in [1.29, 1.82) is 0 Å². The molecule has 0 spiro atoms. The molecule has 3 rings (SSSR count). The topological polar surface area (TPSA) is 38.1 Å². The average molecular weight is 318 g/mol. The number of benzene rings is 1. The molecule has 0 unspecified atom stereocenters. The maximum Gasteiger partial charge on any atom is 0.227 e. The minimum atomic E-state index is 0.171. The molecule has 5 heteroatoms. The van der Waals surface area contributed by atoms with Crippen molar-refractivity contribution in [2.75, 3.05) is 13.1 Å². The number of likely N-dealkylation sites (tertiary alicyclic amines) is 1. The van der Waals surface area contributed by atoms with E-state index in [1.165, 1.54) is 0 Å². The Hall–Kier alpha value is -1.81. The summed E-state index contributed by atoms with van der Waals surface area (Å²) in [6, 6.07) is 7.86. The SMILES string of the molecule is Cc1nccn1[C@@H]1CCCN(C(=O)Cc2cccc(Cl)c2)C1. The molecule has 1 aliphatic heterocycles. The summed E-state index contributed by atoms with van der Waals surface area (Å²) in [5.41, 5.74) is 0.971. The number of hydrogen-bond donors (Lipinski definition) is 0. The molecule has 0 aliphatic carbocycles. The van der Waals surface area contributed by atoms with Gasteiger partial charge in [-0.1, -0.05) is 23.7 Å². The van der Waals surface area contributed by atoms with Crippen molar-refractivity contribution in [3.63, 3.8) is 0 Å².